The van der Waals surface area contributed by atoms with Crippen molar-refractivity contribution in [2.75, 3.05) is 0 Å². The fraction of sp³-hybridized carbons (Fsp3) is 0.533. The number of nitrogens with two attached hydrogens (primary N) is 1. The van der Waals surface area contributed by atoms with Gasteiger partial charge < -0.3 is 16.3 Å². The molecule has 0 aromatic heterocycles. The molecule has 2 rings (SSSR count). The van der Waals surface area contributed by atoms with Gasteiger partial charge in [-0.3, -0.25) is 0 Å². The zero-order chi connectivity index (χ0) is 15.1. The highest BCUT2D eigenvalue weighted by Crippen LogP contribution is 2.62. The summed E-state index contributed by atoms with van der Waals surface area (Å²) in [6, 6.07) is 4.72. The van der Waals surface area contributed by atoms with Gasteiger partial charge in [-0.25, -0.2) is 4.39 Å². The Balaban J connectivity index is 2.15. The number of benzene rings is 1. The first-order valence-electron chi connectivity index (χ1n) is 6.71. The van der Waals surface area contributed by atoms with Gasteiger partial charge >= 0.3 is 0 Å². The highest BCUT2D eigenvalue weighted by atomic mass is 19.1. The minimum Gasteiger partial charge on any atom is -0.409 e. The second-order valence-electron chi connectivity index (χ2n) is 6.54. The van der Waals surface area contributed by atoms with Gasteiger partial charge in [-0.1, -0.05) is 38.9 Å². The topological polar surface area (TPSA) is 70.6 Å². The molecule has 20 heavy (non-hydrogen) atoms. The van der Waals surface area contributed by atoms with Crippen molar-refractivity contribution >= 4 is 5.84 Å². The van der Waals surface area contributed by atoms with Gasteiger partial charge in [-0.05, 0) is 28.5 Å². The molecule has 0 radical (unpaired) electrons. The molecule has 0 spiro atoms. The van der Waals surface area contributed by atoms with E-state index in [0.717, 1.165) is 5.56 Å². The molecule has 4 N–H and O–H groups in total. The second-order valence-corrected chi connectivity index (χ2v) is 6.54. The average Bonchev–Trinajstić information content (AvgIpc) is 2.77. The van der Waals surface area contributed by atoms with Gasteiger partial charge in [-0.2, -0.15) is 0 Å². The summed E-state index contributed by atoms with van der Waals surface area (Å²) < 4.78 is 13.3. The first-order chi connectivity index (χ1) is 9.21. The van der Waals surface area contributed by atoms with Crippen molar-refractivity contribution in [3.63, 3.8) is 0 Å². The smallest absolute Gasteiger partial charge is 0.170 e. The molecule has 1 saturated carbocycles. The zero-order valence-corrected chi connectivity index (χ0v) is 12.4. The number of rotatable bonds is 4. The minimum absolute atomic E-state index is 0.0735. The van der Waals surface area contributed by atoms with Crippen LogP contribution in [-0.4, -0.2) is 17.1 Å². The molecular weight excluding hydrogens is 257 g/mol. The van der Waals surface area contributed by atoms with Crippen LogP contribution in [0.15, 0.2) is 23.4 Å². The van der Waals surface area contributed by atoms with E-state index in [1.165, 1.54) is 12.1 Å². The number of oxime groups is 1. The fourth-order valence-electron chi connectivity index (χ4n) is 2.91. The maximum atomic E-state index is 13.3. The highest BCUT2D eigenvalue weighted by molar-refractivity contribution is 5.98. The predicted molar refractivity (Wildman–Crippen MR) is 77.1 cm³/mol. The van der Waals surface area contributed by atoms with Crippen LogP contribution in [0, 0.1) is 16.6 Å². The van der Waals surface area contributed by atoms with Gasteiger partial charge in [0.1, 0.15) is 5.82 Å². The Morgan fingerprint density at radius 3 is 2.45 bits per heavy atom. The molecule has 1 fully saturated rings. The van der Waals surface area contributed by atoms with Crippen LogP contribution in [0.1, 0.15) is 38.8 Å². The summed E-state index contributed by atoms with van der Waals surface area (Å²) in [5.74, 6) is -0.474. The summed E-state index contributed by atoms with van der Waals surface area (Å²) in [5.41, 5.74) is 7.30. The molecule has 0 heterocycles. The van der Waals surface area contributed by atoms with Gasteiger partial charge in [0.25, 0.3) is 0 Å². The lowest BCUT2D eigenvalue weighted by Gasteiger charge is -2.11. The second kappa shape index (κ2) is 4.74. The van der Waals surface area contributed by atoms with Crippen LogP contribution < -0.4 is 11.1 Å². The maximum Gasteiger partial charge on any atom is 0.170 e. The van der Waals surface area contributed by atoms with E-state index in [2.05, 4.69) is 38.2 Å². The number of halogens is 1. The van der Waals surface area contributed by atoms with Crippen molar-refractivity contribution in [3.8, 4) is 0 Å². The van der Waals surface area contributed by atoms with E-state index in [-0.39, 0.29) is 16.7 Å². The third-order valence-electron chi connectivity index (χ3n) is 4.97. The number of nitrogens with one attached hydrogen (secondary N) is 1. The van der Waals surface area contributed by atoms with Crippen molar-refractivity contribution < 1.29 is 9.60 Å². The Hall–Kier alpha value is -1.62. The van der Waals surface area contributed by atoms with Gasteiger partial charge in [-0.15, -0.1) is 0 Å². The van der Waals surface area contributed by atoms with Crippen molar-refractivity contribution in [2.45, 2.75) is 40.3 Å². The van der Waals surface area contributed by atoms with Crippen LogP contribution in [-0.2, 0) is 6.54 Å². The highest BCUT2D eigenvalue weighted by Gasteiger charge is 2.64. The van der Waals surface area contributed by atoms with Gasteiger partial charge in [0, 0.05) is 18.2 Å². The van der Waals surface area contributed by atoms with Crippen molar-refractivity contribution in [2.24, 2.45) is 21.7 Å². The molecule has 0 unspecified atom stereocenters. The van der Waals surface area contributed by atoms with Crippen LogP contribution in [0.3, 0.4) is 0 Å². The third-order valence-corrected chi connectivity index (χ3v) is 4.97. The molecular formula is C15H22FN3O. The van der Waals surface area contributed by atoms with Crippen molar-refractivity contribution in [3.05, 3.63) is 35.1 Å². The number of nitrogens with zero attached hydrogens (tertiary/aromatic N) is 1. The van der Waals surface area contributed by atoms with Crippen LogP contribution >= 0.6 is 0 Å². The summed E-state index contributed by atoms with van der Waals surface area (Å²) in [5, 5.41) is 15.2. The van der Waals surface area contributed by atoms with Crippen LogP contribution in [0.4, 0.5) is 4.39 Å². The van der Waals surface area contributed by atoms with E-state index in [1.54, 1.807) is 6.07 Å². The summed E-state index contributed by atoms with van der Waals surface area (Å²) in [6.45, 7) is 9.45. The third kappa shape index (κ3) is 2.26. The predicted octanol–water partition coefficient (Wildman–Crippen LogP) is 2.44. The standard InChI is InChI=1S/C15H22FN3O/c1-14(2)13(15(14,3)4)18-8-9-5-6-10(16)7-11(9)12(17)19-20/h5-7,13,18,20H,8H2,1-4H3,(H2,17,19). The SMILES string of the molecule is CC1(C)C(NCc2ccc(F)cc2C(N)=NO)C1(C)C. The van der Waals surface area contributed by atoms with Gasteiger partial charge in [0.15, 0.2) is 5.84 Å². The van der Waals surface area contributed by atoms with E-state index in [0.29, 0.717) is 18.2 Å². The molecule has 0 saturated heterocycles. The normalized spacial score (nSPS) is 20.9. The van der Waals surface area contributed by atoms with Gasteiger partial charge in [0.05, 0.1) is 0 Å². The summed E-state index contributed by atoms with van der Waals surface area (Å²) in [7, 11) is 0. The summed E-state index contributed by atoms with van der Waals surface area (Å²) in [6.07, 6.45) is 0. The molecule has 110 valence electrons. The monoisotopic (exact) mass is 279 g/mol. The Labute approximate surface area is 118 Å². The molecule has 1 aromatic carbocycles. The van der Waals surface area contributed by atoms with Crippen molar-refractivity contribution in [1.29, 1.82) is 0 Å². The van der Waals surface area contributed by atoms with Crippen LogP contribution in [0.25, 0.3) is 0 Å². The summed E-state index contributed by atoms with van der Waals surface area (Å²) >= 11 is 0. The largest absolute Gasteiger partial charge is 0.409 e. The molecule has 4 nitrogen and oxygen atoms in total. The van der Waals surface area contributed by atoms with E-state index in [9.17, 15) is 4.39 Å². The summed E-state index contributed by atoms with van der Waals surface area (Å²) in [4.78, 5) is 0. The lowest BCUT2D eigenvalue weighted by Crippen LogP contribution is -2.24. The average molecular weight is 279 g/mol. The Morgan fingerprint density at radius 2 is 1.95 bits per heavy atom. The fourth-order valence-corrected chi connectivity index (χ4v) is 2.91. The number of amidine groups is 1. The molecule has 1 aliphatic rings. The maximum absolute atomic E-state index is 13.3. The minimum atomic E-state index is -0.401. The quantitative estimate of drug-likeness (QED) is 0.343. The molecule has 0 amide bonds. The van der Waals surface area contributed by atoms with Gasteiger partial charge in [0.2, 0.25) is 0 Å². The molecule has 0 aliphatic heterocycles. The van der Waals surface area contributed by atoms with Crippen molar-refractivity contribution in [1.82, 2.24) is 5.32 Å². The van der Waals surface area contributed by atoms with E-state index in [4.69, 9.17) is 10.9 Å². The van der Waals surface area contributed by atoms with E-state index < -0.39 is 5.82 Å². The lowest BCUT2D eigenvalue weighted by molar-refractivity contribution is 0.318. The first kappa shape index (κ1) is 14.8. The molecule has 5 heteroatoms. The van der Waals surface area contributed by atoms with Crippen LogP contribution in [0.5, 0.6) is 0 Å². The Morgan fingerprint density at radius 1 is 1.35 bits per heavy atom. The number of hydrogen-bond donors (Lipinski definition) is 3. The Kier molecular flexibility index (Phi) is 3.50. The lowest BCUT2D eigenvalue weighted by atomic mass is 10.0. The first-order valence-corrected chi connectivity index (χ1v) is 6.71. The molecule has 1 aliphatic carbocycles. The molecule has 0 atom stereocenters. The molecule has 0 bridgehead atoms. The van der Waals surface area contributed by atoms with E-state index >= 15 is 0 Å². The zero-order valence-electron chi connectivity index (χ0n) is 12.4. The van der Waals surface area contributed by atoms with Crippen LogP contribution in [0.2, 0.25) is 0 Å². The number of hydrogen-bond acceptors (Lipinski definition) is 3. The van der Waals surface area contributed by atoms with E-state index in [1.807, 2.05) is 0 Å². The molecule has 1 aromatic rings. The Bertz CT molecular complexity index is 538.